The summed E-state index contributed by atoms with van der Waals surface area (Å²) in [7, 11) is 0. The van der Waals surface area contributed by atoms with Gasteiger partial charge in [0.1, 0.15) is 11.5 Å². The third kappa shape index (κ3) is 4.33. The molecule has 0 atom stereocenters. The van der Waals surface area contributed by atoms with Crippen LogP contribution < -0.4 is 0 Å². The summed E-state index contributed by atoms with van der Waals surface area (Å²) in [5.41, 5.74) is 3.66. The highest BCUT2D eigenvalue weighted by atomic mass is 16.5. The molecule has 7 heteroatoms. The lowest BCUT2D eigenvalue weighted by molar-refractivity contribution is 0.0342. The molecule has 7 nitrogen and oxygen atoms in total. The highest BCUT2D eigenvalue weighted by molar-refractivity contribution is 5.93. The Balaban J connectivity index is 1.71. The number of aromatic hydroxyl groups is 2. The van der Waals surface area contributed by atoms with Crippen LogP contribution in [0.3, 0.4) is 0 Å². The van der Waals surface area contributed by atoms with Crippen molar-refractivity contribution in [1.29, 1.82) is 0 Å². The van der Waals surface area contributed by atoms with E-state index in [9.17, 15) is 15.0 Å². The molecule has 1 fully saturated rings. The van der Waals surface area contributed by atoms with E-state index in [-0.39, 0.29) is 23.1 Å². The second-order valence-corrected chi connectivity index (χ2v) is 8.06. The average Bonchev–Trinajstić information content (AvgIpc) is 3.18. The van der Waals surface area contributed by atoms with E-state index in [1.807, 2.05) is 38.1 Å². The summed E-state index contributed by atoms with van der Waals surface area (Å²) < 4.78 is 10.9. The number of carbonyl (C=O) groups is 1. The highest BCUT2D eigenvalue weighted by Crippen LogP contribution is 2.42. The van der Waals surface area contributed by atoms with Crippen molar-refractivity contribution in [2.45, 2.75) is 26.3 Å². The number of hydrogen-bond acceptors (Lipinski definition) is 7. The van der Waals surface area contributed by atoms with E-state index in [1.165, 1.54) is 6.07 Å². The third-order valence-corrected chi connectivity index (χ3v) is 5.59. The van der Waals surface area contributed by atoms with Crippen molar-refractivity contribution < 1.29 is 24.3 Å². The van der Waals surface area contributed by atoms with Gasteiger partial charge in [0.05, 0.1) is 24.3 Å². The predicted molar refractivity (Wildman–Crippen MR) is 116 cm³/mol. The molecule has 0 spiro atoms. The number of phenols is 2. The predicted octanol–water partition coefficient (Wildman–Crippen LogP) is 4.19. The van der Waals surface area contributed by atoms with E-state index < -0.39 is 0 Å². The van der Waals surface area contributed by atoms with Gasteiger partial charge in [0.25, 0.3) is 0 Å². The van der Waals surface area contributed by atoms with Gasteiger partial charge in [-0.25, -0.2) is 0 Å². The van der Waals surface area contributed by atoms with Crippen LogP contribution >= 0.6 is 0 Å². The van der Waals surface area contributed by atoms with Gasteiger partial charge in [-0.15, -0.1) is 0 Å². The number of aldehydes is 1. The van der Waals surface area contributed by atoms with Crippen molar-refractivity contribution in [3.8, 4) is 33.9 Å². The van der Waals surface area contributed by atoms with Crippen LogP contribution in [0.2, 0.25) is 0 Å². The normalized spacial score (nSPS) is 14.8. The van der Waals surface area contributed by atoms with Gasteiger partial charge in [0.2, 0.25) is 0 Å². The van der Waals surface area contributed by atoms with Gasteiger partial charge in [0, 0.05) is 25.7 Å². The van der Waals surface area contributed by atoms with E-state index in [0.29, 0.717) is 28.7 Å². The zero-order valence-corrected chi connectivity index (χ0v) is 17.7. The minimum atomic E-state index is -0.138. The molecule has 0 amide bonds. The third-order valence-electron chi connectivity index (χ3n) is 5.59. The maximum Gasteiger partial charge on any atom is 0.179 e. The van der Waals surface area contributed by atoms with Gasteiger partial charge in [0.15, 0.2) is 17.7 Å². The summed E-state index contributed by atoms with van der Waals surface area (Å²) in [5, 5.41) is 24.5. The molecule has 2 aromatic carbocycles. The fourth-order valence-corrected chi connectivity index (χ4v) is 3.88. The fraction of sp³-hybridized carbons (Fsp3) is 0.333. The molecule has 1 aromatic heterocycles. The van der Waals surface area contributed by atoms with Crippen LogP contribution in [0.25, 0.3) is 22.5 Å². The summed E-state index contributed by atoms with van der Waals surface area (Å²) in [4.78, 5) is 14.0. The maximum atomic E-state index is 11.6. The summed E-state index contributed by atoms with van der Waals surface area (Å²) in [6.45, 7) is 8.04. The molecule has 2 N–H and O–H groups in total. The van der Waals surface area contributed by atoms with Crippen LogP contribution in [-0.4, -0.2) is 52.9 Å². The van der Waals surface area contributed by atoms with Crippen molar-refractivity contribution in [3.05, 3.63) is 53.2 Å². The Kier molecular flexibility index (Phi) is 6.06. The largest absolute Gasteiger partial charge is 0.508 e. The van der Waals surface area contributed by atoms with Crippen molar-refractivity contribution in [1.82, 2.24) is 10.1 Å². The summed E-state index contributed by atoms with van der Waals surface area (Å²) in [6.07, 6.45) is 0.644. The Hall–Kier alpha value is -3.16. The van der Waals surface area contributed by atoms with Crippen LogP contribution in [0, 0.1) is 0 Å². The van der Waals surface area contributed by atoms with Crippen LogP contribution in [0.1, 0.15) is 41.4 Å². The van der Waals surface area contributed by atoms with Crippen molar-refractivity contribution in [3.63, 3.8) is 0 Å². The standard InChI is InChI=1S/C24H26N2O5/c1-15(2)18-11-19(22(29)12-21(18)28)24-23(20(14-27)25-31-24)17-5-3-16(4-6-17)13-26-7-9-30-10-8-26/h3-6,11-12,14-15,28-29H,7-10,13H2,1-2H3. The Bertz CT molecular complexity index is 1070. The molecule has 31 heavy (non-hydrogen) atoms. The molecular weight excluding hydrogens is 396 g/mol. The van der Waals surface area contributed by atoms with Crippen LogP contribution in [0.5, 0.6) is 11.5 Å². The number of hydrogen-bond donors (Lipinski definition) is 2. The lowest BCUT2D eigenvalue weighted by Crippen LogP contribution is -2.35. The van der Waals surface area contributed by atoms with Gasteiger partial charge >= 0.3 is 0 Å². The quantitative estimate of drug-likeness (QED) is 0.575. The van der Waals surface area contributed by atoms with E-state index in [1.54, 1.807) is 6.07 Å². The number of aromatic nitrogens is 1. The smallest absolute Gasteiger partial charge is 0.179 e. The second-order valence-electron chi connectivity index (χ2n) is 8.06. The molecule has 0 saturated carbocycles. The Labute approximate surface area is 180 Å². The Morgan fingerprint density at radius 3 is 2.45 bits per heavy atom. The van der Waals surface area contributed by atoms with Gasteiger partial charge in [-0.05, 0) is 28.7 Å². The van der Waals surface area contributed by atoms with Crippen molar-refractivity contribution in [2.75, 3.05) is 26.3 Å². The number of benzene rings is 2. The minimum Gasteiger partial charge on any atom is -0.508 e. The first-order valence-electron chi connectivity index (χ1n) is 10.4. The first kappa shape index (κ1) is 21.1. The number of nitrogens with zero attached hydrogens (tertiary/aromatic N) is 2. The number of phenolic OH excluding ortho intramolecular Hbond substituents is 2. The molecule has 0 unspecified atom stereocenters. The van der Waals surface area contributed by atoms with E-state index in [0.717, 1.165) is 44.0 Å². The maximum absolute atomic E-state index is 11.6. The minimum absolute atomic E-state index is 0.0143. The lowest BCUT2D eigenvalue weighted by atomic mass is 9.94. The second kappa shape index (κ2) is 8.91. The monoisotopic (exact) mass is 422 g/mol. The number of rotatable bonds is 6. The van der Waals surface area contributed by atoms with E-state index >= 15 is 0 Å². The zero-order chi connectivity index (χ0) is 22.0. The van der Waals surface area contributed by atoms with Crippen LogP contribution in [0.4, 0.5) is 0 Å². The van der Waals surface area contributed by atoms with Gasteiger partial charge in [-0.1, -0.05) is 43.3 Å². The molecule has 162 valence electrons. The molecule has 0 aliphatic carbocycles. The topological polar surface area (TPSA) is 96.0 Å². The van der Waals surface area contributed by atoms with Gasteiger partial charge in [-0.2, -0.15) is 0 Å². The molecule has 3 aromatic rings. The molecule has 0 bridgehead atoms. The Morgan fingerprint density at radius 1 is 1.10 bits per heavy atom. The first-order valence-corrected chi connectivity index (χ1v) is 10.4. The van der Waals surface area contributed by atoms with Crippen LogP contribution in [-0.2, 0) is 11.3 Å². The average molecular weight is 422 g/mol. The zero-order valence-electron chi connectivity index (χ0n) is 17.7. The van der Waals surface area contributed by atoms with Gasteiger partial charge < -0.3 is 19.5 Å². The molecular formula is C24H26N2O5. The Morgan fingerprint density at radius 2 is 1.81 bits per heavy atom. The number of morpholine rings is 1. The fourth-order valence-electron chi connectivity index (χ4n) is 3.88. The molecule has 2 heterocycles. The molecule has 1 aliphatic rings. The molecule has 0 radical (unpaired) electrons. The lowest BCUT2D eigenvalue weighted by Gasteiger charge is -2.26. The van der Waals surface area contributed by atoms with Gasteiger partial charge in [-0.3, -0.25) is 9.69 Å². The highest BCUT2D eigenvalue weighted by Gasteiger charge is 2.23. The van der Waals surface area contributed by atoms with Crippen molar-refractivity contribution >= 4 is 6.29 Å². The number of ether oxygens (including phenoxy) is 1. The number of carbonyl (C=O) groups excluding carboxylic acids is 1. The summed E-state index contributed by atoms with van der Waals surface area (Å²) >= 11 is 0. The molecule has 1 aliphatic heterocycles. The summed E-state index contributed by atoms with van der Waals surface area (Å²) in [5.74, 6) is 0.208. The SMILES string of the molecule is CC(C)c1cc(-c2onc(C=O)c2-c2ccc(CN3CCOCC3)cc2)c(O)cc1O. The van der Waals surface area contributed by atoms with E-state index in [4.69, 9.17) is 9.26 Å². The molecule has 1 saturated heterocycles. The van der Waals surface area contributed by atoms with Crippen molar-refractivity contribution in [2.24, 2.45) is 0 Å². The van der Waals surface area contributed by atoms with E-state index in [2.05, 4.69) is 10.1 Å². The summed E-state index contributed by atoms with van der Waals surface area (Å²) in [6, 6.07) is 10.9. The first-order chi connectivity index (χ1) is 15.0. The molecule has 4 rings (SSSR count). The van der Waals surface area contributed by atoms with Crippen LogP contribution in [0.15, 0.2) is 40.9 Å².